The van der Waals surface area contributed by atoms with Crippen LogP contribution in [0.4, 0.5) is 10.8 Å². The van der Waals surface area contributed by atoms with Crippen LogP contribution in [0.3, 0.4) is 0 Å². The number of nitrogens with zero attached hydrogens (tertiary/aromatic N) is 4. The van der Waals surface area contributed by atoms with Gasteiger partial charge in [-0.25, -0.2) is 4.98 Å². The third-order valence-corrected chi connectivity index (χ3v) is 6.34. The smallest absolute Gasteiger partial charge is 0.270 e. The molecule has 30 heavy (non-hydrogen) atoms. The standard InChI is InChI=1S/C21H16N4O3S2/c26-20(14-29-17-4-2-1-3-5-17)24(13-15-8-10-22-11-9-15)21-23-18-7-6-16(25(27)28)12-19(18)30-21/h1-12H,13-14H2. The number of amides is 1. The van der Waals surface area contributed by atoms with Gasteiger partial charge in [-0.3, -0.25) is 24.8 Å². The number of thiazole rings is 1. The van der Waals surface area contributed by atoms with E-state index in [4.69, 9.17) is 0 Å². The van der Waals surface area contributed by atoms with Crippen molar-refractivity contribution in [2.45, 2.75) is 11.4 Å². The second-order valence-electron chi connectivity index (χ2n) is 6.34. The first-order chi connectivity index (χ1) is 14.6. The van der Waals surface area contributed by atoms with Gasteiger partial charge in [0.2, 0.25) is 5.91 Å². The van der Waals surface area contributed by atoms with E-state index in [0.29, 0.717) is 21.9 Å². The monoisotopic (exact) mass is 436 g/mol. The minimum atomic E-state index is -0.435. The number of hydrogen-bond acceptors (Lipinski definition) is 7. The number of carbonyl (C=O) groups excluding carboxylic acids is 1. The van der Waals surface area contributed by atoms with Gasteiger partial charge >= 0.3 is 0 Å². The molecule has 0 bridgehead atoms. The minimum Gasteiger partial charge on any atom is -0.283 e. The van der Waals surface area contributed by atoms with E-state index in [1.54, 1.807) is 23.4 Å². The molecule has 0 saturated heterocycles. The molecule has 0 radical (unpaired) electrons. The number of carbonyl (C=O) groups is 1. The molecule has 9 heteroatoms. The van der Waals surface area contributed by atoms with E-state index >= 15 is 0 Å². The normalized spacial score (nSPS) is 10.8. The molecule has 0 aliphatic rings. The Hall–Kier alpha value is -3.30. The van der Waals surface area contributed by atoms with E-state index in [0.717, 1.165) is 10.5 Å². The van der Waals surface area contributed by atoms with Gasteiger partial charge in [-0.2, -0.15) is 0 Å². The number of nitro groups is 1. The van der Waals surface area contributed by atoms with Crippen molar-refractivity contribution in [3.05, 3.63) is 88.7 Å². The van der Waals surface area contributed by atoms with Crippen LogP contribution in [0, 0.1) is 10.1 Å². The molecule has 0 aliphatic heterocycles. The predicted octanol–water partition coefficient (Wildman–Crippen LogP) is 4.93. The van der Waals surface area contributed by atoms with Gasteiger partial charge in [-0.15, -0.1) is 11.8 Å². The third kappa shape index (κ3) is 4.64. The van der Waals surface area contributed by atoms with Gasteiger partial charge in [0.1, 0.15) is 0 Å². The summed E-state index contributed by atoms with van der Waals surface area (Å²) in [4.78, 5) is 35.0. The Labute approximate surface area is 180 Å². The Bertz CT molecular complexity index is 1180. The molecule has 0 fully saturated rings. The SMILES string of the molecule is O=C(CSc1ccccc1)N(Cc1ccncc1)c1nc2ccc([N+](=O)[O-])cc2s1. The highest BCUT2D eigenvalue weighted by Gasteiger charge is 2.21. The first-order valence-corrected chi connectivity index (χ1v) is 10.8. The first-order valence-electron chi connectivity index (χ1n) is 9.02. The van der Waals surface area contributed by atoms with Crippen LogP contribution in [-0.2, 0) is 11.3 Å². The van der Waals surface area contributed by atoms with E-state index in [9.17, 15) is 14.9 Å². The lowest BCUT2D eigenvalue weighted by atomic mass is 10.2. The van der Waals surface area contributed by atoms with Crippen molar-refractivity contribution >= 4 is 50.0 Å². The molecule has 0 saturated carbocycles. The van der Waals surface area contributed by atoms with Crippen molar-refractivity contribution in [1.29, 1.82) is 0 Å². The van der Waals surface area contributed by atoms with E-state index in [1.807, 2.05) is 42.5 Å². The fourth-order valence-electron chi connectivity index (χ4n) is 2.80. The molecular formula is C21H16N4O3S2. The molecule has 0 aliphatic carbocycles. The van der Waals surface area contributed by atoms with Crippen molar-refractivity contribution < 1.29 is 9.72 Å². The number of anilines is 1. The first kappa shape index (κ1) is 20.0. The number of rotatable bonds is 7. The van der Waals surface area contributed by atoms with Crippen molar-refractivity contribution in [3.63, 3.8) is 0 Å². The van der Waals surface area contributed by atoms with Gasteiger partial charge in [0.05, 0.1) is 27.4 Å². The van der Waals surface area contributed by atoms with Gasteiger partial charge in [-0.1, -0.05) is 29.5 Å². The Balaban J connectivity index is 1.63. The van der Waals surface area contributed by atoms with E-state index in [-0.39, 0.29) is 17.3 Å². The number of benzene rings is 2. The van der Waals surface area contributed by atoms with Crippen LogP contribution in [0.2, 0.25) is 0 Å². The van der Waals surface area contributed by atoms with Crippen molar-refractivity contribution in [2.24, 2.45) is 0 Å². The predicted molar refractivity (Wildman–Crippen MR) is 119 cm³/mol. The van der Waals surface area contributed by atoms with Crippen LogP contribution >= 0.6 is 23.1 Å². The Morgan fingerprint density at radius 1 is 1.10 bits per heavy atom. The van der Waals surface area contributed by atoms with Crippen LogP contribution in [0.5, 0.6) is 0 Å². The van der Waals surface area contributed by atoms with Crippen molar-refractivity contribution in [1.82, 2.24) is 9.97 Å². The fraction of sp³-hybridized carbons (Fsp3) is 0.0952. The molecule has 2 aromatic carbocycles. The van der Waals surface area contributed by atoms with Crippen LogP contribution in [0.1, 0.15) is 5.56 Å². The molecule has 4 aromatic rings. The summed E-state index contributed by atoms with van der Waals surface area (Å²) in [7, 11) is 0. The highest BCUT2D eigenvalue weighted by molar-refractivity contribution is 8.00. The van der Waals surface area contributed by atoms with Crippen LogP contribution in [-0.4, -0.2) is 26.6 Å². The molecule has 150 valence electrons. The van der Waals surface area contributed by atoms with E-state index < -0.39 is 4.92 Å². The molecule has 1 amide bonds. The summed E-state index contributed by atoms with van der Waals surface area (Å²) < 4.78 is 0.669. The number of nitro benzene ring substituents is 1. The van der Waals surface area contributed by atoms with Crippen LogP contribution in [0.15, 0.2) is 78.0 Å². The maximum atomic E-state index is 13.1. The summed E-state index contributed by atoms with van der Waals surface area (Å²) in [5, 5.41) is 11.6. The van der Waals surface area contributed by atoms with E-state index in [2.05, 4.69) is 9.97 Å². The fourth-order valence-corrected chi connectivity index (χ4v) is 4.61. The van der Waals surface area contributed by atoms with Crippen molar-refractivity contribution in [2.75, 3.05) is 10.7 Å². The topological polar surface area (TPSA) is 89.2 Å². The molecule has 2 heterocycles. The summed E-state index contributed by atoms with van der Waals surface area (Å²) in [6.07, 6.45) is 3.36. The molecule has 4 rings (SSSR count). The lowest BCUT2D eigenvalue weighted by molar-refractivity contribution is -0.384. The average molecular weight is 437 g/mol. The summed E-state index contributed by atoms with van der Waals surface area (Å²) in [5.74, 6) is 0.166. The minimum absolute atomic E-state index is 0.00402. The van der Waals surface area contributed by atoms with Gasteiger partial charge in [0.15, 0.2) is 5.13 Å². The lowest BCUT2D eigenvalue weighted by Crippen LogP contribution is -2.31. The van der Waals surface area contributed by atoms with E-state index in [1.165, 1.54) is 35.2 Å². The number of fused-ring (bicyclic) bond motifs is 1. The Kier molecular flexibility index (Phi) is 6.01. The number of thioether (sulfide) groups is 1. The number of aromatic nitrogens is 2. The number of non-ortho nitro benzene ring substituents is 1. The zero-order chi connectivity index (χ0) is 20.9. The molecule has 0 spiro atoms. The molecule has 0 N–H and O–H groups in total. The number of hydrogen-bond donors (Lipinski definition) is 0. The maximum absolute atomic E-state index is 13.1. The van der Waals surface area contributed by atoms with Crippen molar-refractivity contribution in [3.8, 4) is 0 Å². The van der Waals surface area contributed by atoms with Crippen LogP contribution in [0.25, 0.3) is 10.2 Å². The lowest BCUT2D eigenvalue weighted by Gasteiger charge is -2.20. The molecule has 2 aromatic heterocycles. The summed E-state index contributed by atoms with van der Waals surface area (Å²) in [6.45, 7) is 0.346. The molecule has 0 atom stereocenters. The van der Waals surface area contributed by atoms with Gasteiger partial charge < -0.3 is 0 Å². The van der Waals surface area contributed by atoms with Gasteiger partial charge in [0.25, 0.3) is 5.69 Å². The Morgan fingerprint density at radius 2 is 1.87 bits per heavy atom. The molecule has 7 nitrogen and oxygen atoms in total. The summed E-state index contributed by atoms with van der Waals surface area (Å²) >= 11 is 2.73. The second-order valence-corrected chi connectivity index (χ2v) is 8.40. The highest BCUT2D eigenvalue weighted by Crippen LogP contribution is 2.33. The second kappa shape index (κ2) is 9.02. The largest absolute Gasteiger partial charge is 0.283 e. The van der Waals surface area contributed by atoms with Gasteiger partial charge in [-0.05, 0) is 35.9 Å². The average Bonchev–Trinajstić information content (AvgIpc) is 3.20. The van der Waals surface area contributed by atoms with Crippen LogP contribution < -0.4 is 4.90 Å². The number of pyridine rings is 1. The zero-order valence-corrected chi connectivity index (χ0v) is 17.3. The quantitative estimate of drug-likeness (QED) is 0.232. The highest BCUT2D eigenvalue weighted by atomic mass is 32.2. The summed E-state index contributed by atoms with van der Waals surface area (Å²) in [5.41, 5.74) is 1.56. The molecular weight excluding hydrogens is 420 g/mol. The third-order valence-electron chi connectivity index (χ3n) is 4.30. The van der Waals surface area contributed by atoms with Gasteiger partial charge in [0, 0.05) is 29.4 Å². The Morgan fingerprint density at radius 3 is 2.60 bits per heavy atom. The maximum Gasteiger partial charge on any atom is 0.270 e. The summed E-state index contributed by atoms with van der Waals surface area (Å²) in [6, 6.07) is 17.9. The zero-order valence-electron chi connectivity index (χ0n) is 15.7. The molecule has 0 unspecified atom stereocenters.